The van der Waals surface area contributed by atoms with Gasteiger partial charge in [-0.25, -0.2) is 10.8 Å². The molecule has 0 saturated carbocycles. The fraction of sp³-hybridized carbons (Fsp3) is 0.444. The summed E-state index contributed by atoms with van der Waals surface area (Å²) >= 11 is 0. The average molecular weight is 222 g/mol. The smallest absolute Gasteiger partial charge is 0.244 e. The van der Waals surface area contributed by atoms with Crippen LogP contribution < -0.4 is 16.6 Å². The molecule has 1 atom stereocenters. The van der Waals surface area contributed by atoms with Crippen LogP contribution in [0.5, 0.6) is 0 Å². The van der Waals surface area contributed by atoms with Crippen LogP contribution in [-0.2, 0) is 4.79 Å². The maximum atomic E-state index is 11.6. The number of carbonyl (C=O) groups excluding carboxylic acids is 1. The molecule has 86 valence electrons. The third-order valence-corrected chi connectivity index (χ3v) is 2.53. The Bertz CT molecular complexity index is 395. The first-order valence-corrected chi connectivity index (χ1v) is 5.01. The number of hydrogen-bond acceptors (Lipinski definition) is 6. The zero-order valence-corrected chi connectivity index (χ0v) is 8.97. The number of likely N-dealkylation sites (N-methyl/N-ethyl adjacent to an activating group) is 1. The summed E-state index contributed by atoms with van der Waals surface area (Å²) in [5, 5.41) is 3.04. The molecular weight excluding hydrogens is 208 g/mol. The Balaban J connectivity index is 2.06. The van der Waals surface area contributed by atoms with Gasteiger partial charge >= 0.3 is 0 Å². The number of amides is 1. The minimum atomic E-state index is -0.215. The molecule has 7 nitrogen and oxygen atoms in total. The quantitative estimate of drug-likeness (QED) is 0.467. The maximum absolute atomic E-state index is 11.6. The van der Waals surface area contributed by atoms with Crippen molar-refractivity contribution in [1.82, 2.24) is 14.9 Å². The van der Waals surface area contributed by atoms with E-state index >= 15 is 0 Å². The normalized spacial score (nSPS) is 20.0. The molecule has 1 unspecified atom stereocenters. The molecule has 1 aromatic heterocycles. The number of nitrogens with two attached hydrogens (primary N) is 1. The first kappa shape index (κ1) is 10.6. The lowest BCUT2D eigenvalue weighted by Crippen LogP contribution is -2.31. The van der Waals surface area contributed by atoms with Crippen molar-refractivity contribution in [1.29, 1.82) is 0 Å². The van der Waals surface area contributed by atoms with E-state index in [1.807, 2.05) is 0 Å². The zero-order chi connectivity index (χ0) is 11.5. The summed E-state index contributed by atoms with van der Waals surface area (Å²) in [6.45, 7) is 0.763. The highest BCUT2D eigenvalue weighted by atomic mass is 16.2. The Morgan fingerprint density at radius 1 is 1.50 bits per heavy atom. The second-order valence-electron chi connectivity index (χ2n) is 3.68. The van der Waals surface area contributed by atoms with Crippen LogP contribution in [0.2, 0.25) is 0 Å². The highest BCUT2D eigenvalue weighted by Gasteiger charge is 2.29. The Labute approximate surface area is 93.0 Å². The number of carbonyl (C=O) groups is 1. The monoisotopic (exact) mass is 222 g/mol. The van der Waals surface area contributed by atoms with Gasteiger partial charge in [-0.3, -0.25) is 9.78 Å². The van der Waals surface area contributed by atoms with Crippen molar-refractivity contribution in [2.24, 2.45) is 5.84 Å². The van der Waals surface area contributed by atoms with Gasteiger partial charge < -0.3 is 15.6 Å². The fourth-order valence-corrected chi connectivity index (χ4v) is 1.64. The van der Waals surface area contributed by atoms with Crippen LogP contribution in [0.1, 0.15) is 6.42 Å². The summed E-state index contributed by atoms with van der Waals surface area (Å²) in [7, 11) is 1.79. The van der Waals surface area contributed by atoms with Crippen LogP contribution in [0, 0.1) is 0 Å². The minimum Gasteiger partial charge on any atom is -0.357 e. The lowest BCUT2D eigenvalue weighted by molar-refractivity contribution is -0.127. The molecule has 1 aliphatic rings. The molecule has 0 spiro atoms. The lowest BCUT2D eigenvalue weighted by atomic mass is 10.2. The van der Waals surface area contributed by atoms with Gasteiger partial charge in [0.2, 0.25) is 5.91 Å². The molecular formula is C9H14N6O. The van der Waals surface area contributed by atoms with Gasteiger partial charge in [-0.15, -0.1) is 0 Å². The number of aromatic nitrogens is 2. The standard InChI is InChI=1S/C9H14N6O/c1-15-3-2-6(9(15)16)12-7-4-11-5-8(13-7)14-10/h4-6H,2-3,10H2,1H3,(H2,12,13,14). The predicted molar refractivity (Wildman–Crippen MR) is 59.5 cm³/mol. The van der Waals surface area contributed by atoms with Crippen LogP contribution in [0.25, 0.3) is 0 Å². The summed E-state index contributed by atoms with van der Waals surface area (Å²) in [4.78, 5) is 21.4. The van der Waals surface area contributed by atoms with E-state index in [0.717, 1.165) is 13.0 Å². The first-order valence-electron chi connectivity index (χ1n) is 5.01. The average Bonchev–Trinajstić information content (AvgIpc) is 2.61. The summed E-state index contributed by atoms with van der Waals surface area (Å²) in [6.07, 6.45) is 3.84. The van der Waals surface area contributed by atoms with E-state index < -0.39 is 0 Å². The topological polar surface area (TPSA) is 96.2 Å². The van der Waals surface area contributed by atoms with E-state index in [4.69, 9.17) is 5.84 Å². The highest BCUT2D eigenvalue weighted by Crippen LogP contribution is 2.14. The molecule has 16 heavy (non-hydrogen) atoms. The van der Waals surface area contributed by atoms with Gasteiger partial charge in [0.25, 0.3) is 0 Å². The Kier molecular flexibility index (Phi) is 2.86. The molecule has 0 radical (unpaired) electrons. The van der Waals surface area contributed by atoms with Gasteiger partial charge in [-0.1, -0.05) is 0 Å². The number of nitrogen functional groups attached to an aromatic ring is 1. The lowest BCUT2D eigenvalue weighted by Gasteiger charge is -2.12. The molecule has 1 fully saturated rings. The maximum Gasteiger partial charge on any atom is 0.244 e. The number of nitrogens with zero attached hydrogens (tertiary/aromatic N) is 3. The molecule has 1 saturated heterocycles. The van der Waals surface area contributed by atoms with E-state index in [2.05, 4.69) is 20.7 Å². The van der Waals surface area contributed by atoms with Crippen LogP contribution in [-0.4, -0.2) is 40.4 Å². The molecule has 1 amide bonds. The van der Waals surface area contributed by atoms with Crippen molar-refractivity contribution < 1.29 is 4.79 Å². The molecule has 2 heterocycles. The second-order valence-corrected chi connectivity index (χ2v) is 3.68. The van der Waals surface area contributed by atoms with Crippen molar-refractivity contribution >= 4 is 17.5 Å². The van der Waals surface area contributed by atoms with Crippen molar-refractivity contribution in [2.45, 2.75) is 12.5 Å². The number of anilines is 2. The van der Waals surface area contributed by atoms with E-state index in [-0.39, 0.29) is 11.9 Å². The van der Waals surface area contributed by atoms with Gasteiger partial charge in [-0.2, -0.15) is 0 Å². The molecule has 7 heteroatoms. The van der Waals surface area contributed by atoms with E-state index in [9.17, 15) is 4.79 Å². The summed E-state index contributed by atoms with van der Waals surface area (Å²) in [5.41, 5.74) is 2.40. The van der Waals surface area contributed by atoms with Gasteiger partial charge in [-0.05, 0) is 6.42 Å². The van der Waals surface area contributed by atoms with Crippen LogP contribution in [0.3, 0.4) is 0 Å². The van der Waals surface area contributed by atoms with E-state index in [1.165, 1.54) is 6.20 Å². The number of nitrogens with one attached hydrogen (secondary N) is 2. The van der Waals surface area contributed by atoms with Gasteiger partial charge in [0.15, 0.2) is 5.82 Å². The van der Waals surface area contributed by atoms with Crippen LogP contribution in [0.4, 0.5) is 11.6 Å². The second kappa shape index (κ2) is 4.31. The van der Waals surface area contributed by atoms with Crippen molar-refractivity contribution in [3.05, 3.63) is 12.4 Å². The molecule has 4 N–H and O–H groups in total. The Hall–Kier alpha value is -1.89. The Morgan fingerprint density at radius 2 is 2.25 bits per heavy atom. The van der Waals surface area contributed by atoms with Gasteiger partial charge in [0.05, 0.1) is 12.4 Å². The van der Waals surface area contributed by atoms with Crippen LogP contribution in [0.15, 0.2) is 12.4 Å². The SMILES string of the molecule is CN1CCC(Nc2cncc(NN)n2)C1=O. The van der Waals surface area contributed by atoms with Crippen molar-refractivity contribution in [2.75, 3.05) is 24.3 Å². The van der Waals surface area contributed by atoms with Crippen molar-refractivity contribution in [3.8, 4) is 0 Å². The summed E-state index contributed by atoms with van der Waals surface area (Å²) in [6, 6.07) is -0.215. The number of hydrazine groups is 1. The molecule has 0 aromatic carbocycles. The third kappa shape index (κ3) is 2.03. The number of hydrogen-bond donors (Lipinski definition) is 3. The van der Waals surface area contributed by atoms with Gasteiger partial charge in [0, 0.05) is 13.6 Å². The minimum absolute atomic E-state index is 0.0768. The molecule has 1 aliphatic heterocycles. The largest absolute Gasteiger partial charge is 0.357 e. The molecule has 1 aromatic rings. The van der Waals surface area contributed by atoms with Crippen LogP contribution >= 0.6 is 0 Å². The van der Waals surface area contributed by atoms with E-state index in [0.29, 0.717) is 11.6 Å². The van der Waals surface area contributed by atoms with Gasteiger partial charge in [0.1, 0.15) is 11.9 Å². The van der Waals surface area contributed by atoms with Crippen molar-refractivity contribution in [3.63, 3.8) is 0 Å². The fourth-order valence-electron chi connectivity index (χ4n) is 1.64. The summed E-state index contributed by atoms with van der Waals surface area (Å²) < 4.78 is 0. The highest BCUT2D eigenvalue weighted by molar-refractivity contribution is 5.86. The first-order chi connectivity index (χ1) is 7.70. The molecule has 0 bridgehead atoms. The third-order valence-electron chi connectivity index (χ3n) is 2.53. The number of rotatable bonds is 3. The predicted octanol–water partition coefficient (Wildman–Crippen LogP) is -0.595. The number of likely N-dealkylation sites (tertiary alicyclic amines) is 1. The zero-order valence-electron chi connectivity index (χ0n) is 8.97. The molecule has 0 aliphatic carbocycles. The molecule has 2 rings (SSSR count). The Morgan fingerprint density at radius 3 is 2.88 bits per heavy atom. The summed E-state index contributed by atoms with van der Waals surface area (Å²) in [5.74, 6) is 6.30. The van der Waals surface area contributed by atoms with E-state index in [1.54, 1.807) is 18.1 Å².